The number of thioether (sulfide) groups is 1. The van der Waals surface area contributed by atoms with Crippen LogP contribution in [-0.2, 0) is 18.7 Å². The molecule has 0 saturated carbocycles. The van der Waals surface area contributed by atoms with Gasteiger partial charge in [0.25, 0.3) is 5.56 Å². The molecule has 0 aliphatic rings. The third-order valence-electron chi connectivity index (χ3n) is 4.14. The maximum absolute atomic E-state index is 13.0. The Hall–Kier alpha value is -1.67. The molecule has 3 aromatic heterocycles. The molecule has 0 unspecified atom stereocenters. The summed E-state index contributed by atoms with van der Waals surface area (Å²) in [6.45, 7) is 8.82. The number of thiophene rings is 1. The van der Waals surface area contributed by atoms with Gasteiger partial charge in [-0.1, -0.05) is 37.2 Å². The summed E-state index contributed by atoms with van der Waals surface area (Å²) in [7, 11) is 0. The van der Waals surface area contributed by atoms with Crippen molar-refractivity contribution >= 4 is 33.3 Å². The van der Waals surface area contributed by atoms with Crippen LogP contribution in [-0.4, -0.2) is 19.7 Å². The number of nitrogens with zero attached hydrogens (tertiary/aromatic N) is 4. The van der Waals surface area contributed by atoms with E-state index in [4.69, 9.17) is 9.51 Å². The lowest BCUT2D eigenvalue weighted by Gasteiger charge is -2.11. The molecule has 0 aliphatic carbocycles. The van der Waals surface area contributed by atoms with Gasteiger partial charge in [0.05, 0.1) is 11.1 Å². The Morgan fingerprint density at radius 2 is 2.04 bits per heavy atom. The van der Waals surface area contributed by atoms with Crippen LogP contribution in [0.4, 0.5) is 0 Å². The molecule has 0 fully saturated rings. The van der Waals surface area contributed by atoms with Gasteiger partial charge < -0.3 is 4.52 Å². The van der Waals surface area contributed by atoms with Crippen molar-refractivity contribution < 1.29 is 4.52 Å². The Labute approximate surface area is 154 Å². The molecule has 3 heterocycles. The van der Waals surface area contributed by atoms with Crippen LogP contribution in [0.2, 0.25) is 0 Å². The number of rotatable bonds is 7. The first-order valence-electron chi connectivity index (χ1n) is 8.49. The molecular formula is C17H22N4O2S2. The fourth-order valence-electron chi connectivity index (χ4n) is 2.55. The standard InChI is InChI=1S/C17H22N4O2S2/c1-5-7-8-21-16(22)14-10(3)11(4)25-15(14)19-17(21)24-9-13-18-12(6-2)20-23-13/h5-9H2,1-4H3. The Morgan fingerprint density at radius 1 is 1.24 bits per heavy atom. The van der Waals surface area contributed by atoms with Crippen LogP contribution in [0.15, 0.2) is 14.5 Å². The number of unbranched alkanes of at least 4 members (excludes halogenated alkanes) is 1. The SMILES string of the molecule is CCCCn1c(SCc2nc(CC)no2)nc2sc(C)c(C)c2c1=O. The first-order chi connectivity index (χ1) is 12.0. The molecule has 3 aromatic rings. The average molecular weight is 379 g/mol. The van der Waals surface area contributed by atoms with Crippen molar-refractivity contribution in [2.45, 2.75) is 64.4 Å². The molecule has 0 bridgehead atoms. The molecule has 0 aromatic carbocycles. The number of hydrogen-bond donors (Lipinski definition) is 0. The largest absolute Gasteiger partial charge is 0.338 e. The van der Waals surface area contributed by atoms with Crippen LogP contribution in [0.3, 0.4) is 0 Å². The highest BCUT2D eigenvalue weighted by molar-refractivity contribution is 7.98. The normalized spacial score (nSPS) is 11.5. The van der Waals surface area contributed by atoms with Gasteiger partial charge in [0, 0.05) is 17.8 Å². The van der Waals surface area contributed by atoms with Gasteiger partial charge in [0.1, 0.15) is 4.83 Å². The van der Waals surface area contributed by atoms with E-state index in [9.17, 15) is 4.79 Å². The number of hydrogen-bond acceptors (Lipinski definition) is 7. The second kappa shape index (κ2) is 7.70. The van der Waals surface area contributed by atoms with Crippen molar-refractivity contribution in [3.05, 3.63) is 32.5 Å². The monoisotopic (exact) mass is 378 g/mol. The lowest BCUT2D eigenvalue weighted by molar-refractivity contribution is 0.385. The first kappa shape index (κ1) is 18.1. The zero-order chi connectivity index (χ0) is 18.0. The van der Waals surface area contributed by atoms with Gasteiger partial charge in [0.2, 0.25) is 5.89 Å². The van der Waals surface area contributed by atoms with Crippen molar-refractivity contribution in [1.82, 2.24) is 19.7 Å². The van der Waals surface area contributed by atoms with E-state index < -0.39 is 0 Å². The second-order valence-corrected chi connectivity index (χ2v) is 8.06. The summed E-state index contributed by atoms with van der Waals surface area (Å²) in [5, 5.41) is 5.40. The molecule has 0 amide bonds. The maximum atomic E-state index is 13.0. The molecule has 0 N–H and O–H groups in total. The third-order valence-corrected chi connectivity index (χ3v) is 6.20. The van der Waals surface area contributed by atoms with E-state index >= 15 is 0 Å². The smallest absolute Gasteiger partial charge is 0.263 e. The number of aryl methyl sites for hydroxylation is 3. The molecular weight excluding hydrogens is 356 g/mol. The Balaban J connectivity index is 1.98. The minimum absolute atomic E-state index is 0.0579. The summed E-state index contributed by atoms with van der Waals surface area (Å²) >= 11 is 3.06. The molecule has 0 radical (unpaired) electrons. The average Bonchev–Trinajstić information content (AvgIpc) is 3.17. The molecule has 0 saturated heterocycles. The van der Waals surface area contributed by atoms with E-state index in [1.807, 2.05) is 20.8 Å². The molecule has 134 valence electrons. The Bertz CT molecular complexity index is 942. The van der Waals surface area contributed by atoms with Crippen LogP contribution in [0.1, 0.15) is 48.8 Å². The zero-order valence-electron chi connectivity index (χ0n) is 15.0. The lowest BCUT2D eigenvalue weighted by Crippen LogP contribution is -2.23. The molecule has 0 aliphatic heterocycles. The van der Waals surface area contributed by atoms with Gasteiger partial charge >= 0.3 is 0 Å². The Kier molecular flexibility index (Phi) is 5.58. The van der Waals surface area contributed by atoms with Gasteiger partial charge in [-0.25, -0.2) is 4.98 Å². The maximum Gasteiger partial charge on any atom is 0.263 e. The van der Waals surface area contributed by atoms with Crippen molar-refractivity contribution in [2.75, 3.05) is 0 Å². The van der Waals surface area contributed by atoms with Crippen LogP contribution in [0, 0.1) is 13.8 Å². The highest BCUT2D eigenvalue weighted by Crippen LogP contribution is 2.29. The van der Waals surface area contributed by atoms with Gasteiger partial charge in [-0.2, -0.15) is 4.98 Å². The van der Waals surface area contributed by atoms with E-state index in [1.54, 1.807) is 15.9 Å². The topological polar surface area (TPSA) is 73.8 Å². The third kappa shape index (κ3) is 3.64. The quantitative estimate of drug-likeness (QED) is 0.455. The van der Waals surface area contributed by atoms with Crippen molar-refractivity contribution in [3.63, 3.8) is 0 Å². The van der Waals surface area contributed by atoms with Crippen molar-refractivity contribution in [2.24, 2.45) is 0 Å². The lowest BCUT2D eigenvalue weighted by atomic mass is 10.2. The summed E-state index contributed by atoms with van der Waals surface area (Å²) in [5.74, 6) is 1.78. The second-order valence-electron chi connectivity index (χ2n) is 5.91. The summed E-state index contributed by atoms with van der Waals surface area (Å²) in [5.41, 5.74) is 1.10. The fraction of sp³-hybridized carbons (Fsp3) is 0.529. The fourth-order valence-corrected chi connectivity index (χ4v) is 4.48. The van der Waals surface area contributed by atoms with Crippen LogP contribution in [0.25, 0.3) is 10.2 Å². The van der Waals surface area contributed by atoms with E-state index in [0.717, 1.165) is 45.1 Å². The molecule has 0 atom stereocenters. The van der Waals surface area contributed by atoms with Crippen molar-refractivity contribution in [3.8, 4) is 0 Å². The molecule has 6 nitrogen and oxygen atoms in total. The molecule has 3 rings (SSSR count). The Morgan fingerprint density at radius 3 is 2.72 bits per heavy atom. The van der Waals surface area contributed by atoms with Crippen LogP contribution < -0.4 is 5.56 Å². The molecule has 25 heavy (non-hydrogen) atoms. The van der Waals surface area contributed by atoms with Gasteiger partial charge in [-0.05, 0) is 25.8 Å². The van der Waals surface area contributed by atoms with Gasteiger partial charge in [-0.3, -0.25) is 9.36 Å². The van der Waals surface area contributed by atoms with E-state index in [1.165, 1.54) is 11.8 Å². The van der Waals surface area contributed by atoms with Gasteiger partial charge in [-0.15, -0.1) is 11.3 Å². The minimum atomic E-state index is 0.0579. The number of aromatic nitrogens is 4. The number of fused-ring (bicyclic) bond motifs is 1. The highest BCUT2D eigenvalue weighted by atomic mass is 32.2. The first-order valence-corrected chi connectivity index (χ1v) is 10.3. The predicted molar refractivity (Wildman–Crippen MR) is 101 cm³/mol. The summed E-state index contributed by atoms with van der Waals surface area (Å²) in [4.78, 5) is 24.1. The molecule has 0 spiro atoms. The summed E-state index contributed by atoms with van der Waals surface area (Å²) in [6.07, 6.45) is 2.72. The summed E-state index contributed by atoms with van der Waals surface area (Å²) < 4.78 is 7.04. The predicted octanol–water partition coefficient (Wildman–Crippen LogP) is 4.11. The highest BCUT2D eigenvalue weighted by Gasteiger charge is 2.17. The van der Waals surface area contributed by atoms with E-state index in [2.05, 4.69) is 17.1 Å². The van der Waals surface area contributed by atoms with Crippen molar-refractivity contribution in [1.29, 1.82) is 0 Å². The van der Waals surface area contributed by atoms with E-state index in [0.29, 0.717) is 24.0 Å². The van der Waals surface area contributed by atoms with E-state index in [-0.39, 0.29) is 5.56 Å². The summed E-state index contributed by atoms with van der Waals surface area (Å²) in [6, 6.07) is 0. The molecule has 8 heteroatoms. The zero-order valence-corrected chi connectivity index (χ0v) is 16.6. The van der Waals surface area contributed by atoms with Crippen LogP contribution >= 0.6 is 23.1 Å². The minimum Gasteiger partial charge on any atom is -0.338 e. The van der Waals surface area contributed by atoms with Crippen LogP contribution in [0.5, 0.6) is 0 Å². The van der Waals surface area contributed by atoms with Gasteiger partial charge in [0.15, 0.2) is 11.0 Å².